The van der Waals surface area contributed by atoms with Crippen LogP contribution in [0.25, 0.3) is 10.9 Å². The zero-order valence-corrected chi connectivity index (χ0v) is 10.1. The molecule has 3 rings (SSSR count). The SMILES string of the molecule is CS(=O)(=O)N1CCc2c1cc(O)c1[nH]ccc21. The molecule has 0 radical (unpaired) electrons. The second-order valence-electron chi connectivity index (χ2n) is 4.24. The van der Waals surface area contributed by atoms with Crippen molar-refractivity contribution in [1.82, 2.24) is 4.98 Å². The Balaban J connectivity index is 2.33. The van der Waals surface area contributed by atoms with Gasteiger partial charge >= 0.3 is 0 Å². The lowest BCUT2D eigenvalue weighted by molar-refractivity contribution is 0.480. The number of nitrogens with zero attached hydrogens (tertiary/aromatic N) is 1. The molecule has 0 saturated heterocycles. The van der Waals surface area contributed by atoms with Crippen molar-refractivity contribution in [2.45, 2.75) is 6.42 Å². The number of rotatable bonds is 1. The minimum Gasteiger partial charge on any atom is -0.506 e. The minimum absolute atomic E-state index is 0.0827. The molecule has 0 unspecified atom stereocenters. The van der Waals surface area contributed by atoms with Gasteiger partial charge in [0.15, 0.2) is 0 Å². The number of aromatic amines is 1. The van der Waals surface area contributed by atoms with E-state index in [4.69, 9.17) is 0 Å². The van der Waals surface area contributed by atoms with Gasteiger partial charge in [-0.1, -0.05) is 0 Å². The second-order valence-corrected chi connectivity index (χ2v) is 6.15. The van der Waals surface area contributed by atoms with Gasteiger partial charge in [0, 0.05) is 24.2 Å². The summed E-state index contributed by atoms with van der Waals surface area (Å²) in [5.74, 6) is 0.0827. The maximum Gasteiger partial charge on any atom is 0.232 e. The number of aromatic hydroxyl groups is 1. The van der Waals surface area contributed by atoms with Gasteiger partial charge in [-0.15, -0.1) is 0 Å². The highest BCUT2D eigenvalue weighted by molar-refractivity contribution is 7.92. The number of phenolic OH excluding ortho intramolecular Hbond substituents is 1. The Bertz CT molecular complexity index is 703. The van der Waals surface area contributed by atoms with Crippen LogP contribution in [0, 0.1) is 0 Å². The number of sulfonamides is 1. The Hall–Kier alpha value is -1.69. The molecule has 2 N–H and O–H groups in total. The number of hydrogen-bond donors (Lipinski definition) is 2. The number of H-pyrrole nitrogens is 1. The first-order chi connectivity index (χ1) is 7.98. The van der Waals surface area contributed by atoms with E-state index in [9.17, 15) is 13.5 Å². The number of benzene rings is 1. The lowest BCUT2D eigenvalue weighted by Gasteiger charge is -2.16. The Morgan fingerprint density at radius 1 is 1.47 bits per heavy atom. The molecular weight excluding hydrogens is 240 g/mol. The Morgan fingerprint density at radius 3 is 2.94 bits per heavy atom. The van der Waals surface area contributed by atoms with Crippen molar-refractivity contribution in [3.05, 3.63) is 23.9 Å². The van der Waals surface area contributed by atoms with Crippen molar-refractivity contribution in [3.8, 4) is 5.75 Å². The van der Waals surface area contributed by atoms with Gasteiger partial charge in [-0.05, 0) is 18.1 Å². The highest BCUT2D eigenvalue weighted by Gasteiger charge is 2.28. The monoisotopic (exact) mass is 252 g/mol. The van der Waals surface area contributed by atoms with Gasteiger partial charge in [-0.3, -0.25) is 4.31 Å². The summed E-state index contributed by atoms with van der Waals surface area (Å²) >= 11 is 0. The van der Waals surface area contributed by atoms with Crippen molar-refractivity contribution < 1.29 is 13.5 Å². The molecule has 90 valence electrons. The van der Waals surface area contributed by atoms with E-state index >= 15 is 0 Å². The summed E-state index contributed by atoms with van der Waals surface area (Å²) in [6.07, 6.45) is 3.60. The molecule has 0 fully saturated rings. The summed E-state index contributed by atoms with van der Waals surface area (Å²) in [5, 5.41) is 10.7. The van der Waals surface area contributed by atoms with Crippen LogP contribution in [-0.4, -0.2) is 31.3 Å². The summed E-state index contributed by atoms with van der Waals surface area (Å²) in [6, 6.07) is 3.38. The summed E-state index contributed by atoms with van der Waals surface area (Å²) in [7, 11) is -3.27. The van der Waals surface area contributed by atoms with E-state index < -0.39 is 10.0 Å². The predicted molar refractivity (Wildman–Crippen MR) is 65.9 cm³/mol. The number of anilines is 1. The topological polar surface area (TPSA) is 73.4 Å². The molecule has 1 aliphatic rings. The molecular formula is C11H12N2O3S. The lowest BCUT2D eigenvalue weighted by atomic mass is 10.1. The molecule has 1 aromatic heterocycles. The summed E-state index contributed by atoms with van der Waals surface area (Å²) in [6.45, 7) is 0.442. The van der Waals surface area contributed by atoms with Crippen LogP contribution in [0.5, 0.6) is 5.75 Å². The average molecular weight is 252 g/mol. The third kappa shape index (κ3) is 1.40. The van der Waals surface area contributed by atoms with Gasteiger partial charge in [0.05, 0.1) is 17.5 Å². The van der Waals surface area contributed by atoms with Gasteiger partial charge in [-0.25, -0.2) is 8.42 Å². The summed E-state index contributed by atoms with van der Waals surface area (Å²) in [4.78, 5) is 2.95. The maximum atomic E-state index is 11.6. The van der Waals surface area contributed by atoms with Crippen molar-refractivity contribution in [2.24, 2.45) is 0 Å². The first-order valence-corrected chi connectivity index (χ1v) is 7.13. The molecule has 0 saturated carbocycles. The van der Waals surface area contributed by atoms with Crippen LogP contribution >= 0.6 is 0 Å². The van der Waals surface area contributed by atoms with Gasteiger partial charge in [0.1, 0.15) is 5.75 Å². The minimum atomic E-state index is -3.27. The van der Waals surface area contributed by atoms with Gasteiger partial charge in [-0.2, -0.15) is 0 Å². The number of aromatic nitrogens is 1. The molecule has 1 aromatic carbocycles. The molecule has 2 heterocycles. The van der Waals surface area contributed by atoms with Crippen LogP contribution in [0.3, 0.4) is 0 Å². The molecule has 0 atom stereocenters. The van der Waals surface area contributed by atoms with E-state index in [1.165, 1.54) is 16.6 Å². The highest BCUT2D eigenvalue weighted by atomic mass is 32.2. The fourth-order valence-electron chi connectivity index (χ4n) is 2.42. The maximum absolute atomic E-state index is 11.6. The largest absolute Gasteiger partial charge is 0.506 e. The number of nitrogens with one attached hydrogen (secondary N) is 1. The second kappa shape index (κ2) is 3.16. The summed E-state index contributed by atoms with van der Waals surface area (Å²) in [5.41, 5.74) is 2.24. The zero-order valence-electron chi connectivity index (χ0n) is 9.27. The normalized spacial score (nSPS) is 15.5. The summed E-state index contributed by atoms with van der Waals surface area (Å²) < 4.78 is 24.6. The zero-order chi connectivity index (χ0) is 12.2. The van der Waals surface area contributed by atoms with Crippen LogP contribution in [-0.2, 0) is 16.4 Å². The Labute approximate surface area is 98.7 Å². The smallest absolute Gasteiger partial charge is 0.232 e. The van der Waals surface area contributed by atoms with Gasteiger partial charge in [0.2, 0.25) is 10.0 Å². The van der Waals surface area contributed by atoms with E-state index in [2.05, 4.69) is 4.98 Å². The van der Waals surface area contributed by atoms with Crippen molar-refractivity contribution in [2.75, 3.05) is 17.1 Å². The van der Waals surface area contributed by atoms with Crippen LogP contribution in [0.15, 0.2) is 18.3 Å². The van der Waals surface area contributed by atoms with E-state index in [0.717, 1.165) is 10.9 Å². The fraction of sp³-hybridized carbons (Fsp3) is 0.273. The van der Waals surface area contributed by atoms with E-state index in [1.54, 1.807) is 6.20 Å². The third-order valence-electron chi connectivity index (χ3n) is 3.14. The van der Waals surface area contributed by atoms with Crippen LogP contribution in [0.1, 0.15) is 5.56 Å². The quantitative estimate of drug-likeness (QED) is 0.800. The van der Waals surface area contributed by atoms with Gasteiger partial charge in [0.25, 0.3) is 0 Å². The molecule has 1 aliphatic heterocycles. The number of fused-ring (bicyclic) bond motifs is 3. The molecule has 0 bridgehead atoms. The first-order valence-electron chi connectivity index (χ1n) is 5.28. The predicted octanol–water partition coefficient (Wildman–Crippen LogP) is 1.20. The van der Waals surface area contributed by atoms with E-state index in [1.807, 2.05) is 6.07 Å². The van der Waals surface area contributed by atoms with Crippen molar-refractivity contribution in [1.29, 1.82) is 0 Å². The van der Waals surface area contributed by atoms with Crippen LogP contribution in [0.4, 0.5) is 5.69 Å². The first kappa shape index (κ1) is 10.5. The van der Waals surface area contributed by atoms with Crippen molar-refractivity contribution >= 4 is 26.6 Å². The average Bonchev–Trinajstić information content (AvgIpc) is 2.78. The van der Waals surface area contributed by atoms with E-state index in [0.29, 0.717) is 24.2 Å². The van der Waals surface area contributed by atoms with E-state index in [-0.39, 0.29) is 5.75 Å². The van der Waals surface area contributed by atoms with Crippen molar-refractivity contribution in [3.63, 3.8) is 0 Å². The number of hydrogen-bond acceptors (Lipinski definition) is 3. The number of phenols is 1. The highest BCUT2D eigenvalue weighted by Crippen LogP contribution is 2.39. The Morgan fingerprint density at radius 2 is 2.24 bits per heavy atom. The lowest BCUT2D eigenvalue weighted by Crippen LogP contribution is -2.27. The molecule has 5 nitrogen and oxygen atoms in total. The molecule has 17 heavy (non-hydrogen) atoms. The fourth-order valence-corrected chi connectivity index (χ4v) is 3.37. The molecule has 2 aromatic rings. The van der Waals surface area contributed by atoms with Crippen LogP contribution < -0.4 is 4.31 Å². The molecule has 6 heteroatoms. The van der Waals surface area contributed by atoms with Gasteiger partial charge < -0.3 is 10.1 Å². The molecule has 0 aliphatic carbocycles. The molecule has 0 amide bonds. The Kier molecular flexibility index (Phi) is 1.95. The third-order valence-corrected chi connectivity index (χ3v) is 4.32. The molecule has 0 spiro atoms. The standard InChI is InChI=1S/C11H12N2O3S/c1-17(15,16)13-5-3-7-8-2-4-12-11(8)10(14)6-9(7)13/h2,4,6,12,14H,3,5H2,1H3. The van der Waals surface area contributed by atoms with Crippen LogP contribution in [0.2, 0.25) is 0 Å².